The number of rotatable bonds is 13. The van der Waals surface area contributed by atoms with Crippen molar-refractivity contribution in [3.8, 4) is 5.75 Å². The Morgan fingerprint density at radius 1 is 0.714 bits per heavy atom. The Bertz CT molecular complexity index is 1100. The number of hydrogen-bond donors (Lipinski definition) is 2. The van der Waals surface area contributed by atoms with Crippen molar-refractivity contribution in [1.82, 2.24) is 10.9 Å². The lowest BCUT2D eigenvalue weighted by Gasteiger charge is -2.10. The number of methoxy groups -OCH3 is 1. The SMILES string of the molecule is COCCCCCCOc1ccc(C(=O)NNC(=O)c2ccc3cc(COOC)ccc3c2)cc1. The van der Waals surface area contributed by atoms with E-state index in [4.69, 9.17) is 14.4 Å². The van der Waals surface area contributed by atoms with Gasteiger partial charge in [0.25, 0.3) is 11.8 Å². The zero-order chi connectivity index (χ0) is 24.9. The van der Waals surface area contributed by atoms with Gasteiger partial charge in [-0.3, -0.25) is 20.4 Å². The summed E-state index contributed by atoms with van der Waals surface area (Å²) in [5.74, 6) is -0.111. The third-order valence-corrected chi connectivity index (χ3v) is 5.43. The molecule has 3 aromatic rings. The van der Waals surface area contributed by atoms with Crippen molar-refractivity contribution in [3.63, 3.8) is 0 Å². The number of nitrogens with one attached hydrogen (secondary N) is 2. The third kappa shape index (κ3) is 8.36. The zero-order valence-corrected chi connectivity index (χ0v) is 20.2. The molecule has 35 heavy (non-hydrogen) atoms. The smallest absolute Gasteiger partial charge is 0.269 e. The summed E-state index contributed by atoms with van der Waals surface area (Å²) in [6.07, 6.45) is 4.23. The number of benzene rings is 3. The number of fused-ring (bicyclic) bond motifs is 1. The van der Waals surface area contributed by atoms with Crippen LogP contribution in [0.15, 0.2) is 60.7 Å². The Morgan fingerprint density at radius 3 is 2.06 bits per heavy atom. The molecule has 3 rings (SSSR count). The van der Waals surface area contributed by atoms with E-state index in [1.165, 1.54) is 7.11 Å². The topological polar surface area (TPSA) is 95.1 Å². The number of hydrogen-bond acceptors (Lipinski definition) is 6. The molecular weight excluding hydrogens is 448 g/mol. The van der Waals surface area contributed by atoms with Crippen LogP contribution < -0.4 is 15.6 Å². The van der Waals surface area contributed by atoms with E-state index >= 15 is 0 Å². The van der Waals surface area contributed by atoms with E-state index < -0.39 is 11.8 Å². The molecule has 0 fully saturated rings. The van der Waals surface area contributed by atoms with E-state index in [1.54, 1.807) is 43.5 Å². The van der Waals surface area contributed by atoms with Crippen molar-refractivity contribution >= 4 is 22.6 Å². The van der Waals surface area contributed by atoms with Gasteiger partial charge in [0.05, 0.1) is 13.7 Å². The third-order valence-electron chi connectivity index (χ3n) is 5.43. The Hall–Kier alpha value is -3.46. The number of carbonyl (C=O) groups excluding carboxylic acids is 2. The molecule has 0 radical (unpaired) electrons. The second-order valence-electron chi connectivity index (χ2n) is 8.01. The lowest BCUT2D eigenvalue weighted by atomic mass is 10.0. The molecule has 0 spiro atoms. The van der Waals surface area contributed by atoms with Crippen LogP contribution in [0.25, 0.3) is 10.8 Å². The number of carbonyl (C=O) groups is 2. The fourth-order valence-electron chi connectivity index (χ4n) is 3.51. The van der Waals surface area contributed by atoms with Crippen LogP contribution in [0.3, 0.4) is 0 Å². The lowest BCUT2D eigenvalue weighted by Crippen LogP contribution is -2.41. The van der Waals surface area contributed by atoms with Gasteiger partial charge in [-0.1, -0.05) is 24.6 Å². The average molecular weight is 481 g/mol. The Morgan fingerprint density at radius 2 is 1.34 bits per heavy atom. The average Bonchev–Trinajstić information content (AvgIpc) is 2.89. The highest BCUT2D eigenvalue weighted by Crippen LogP contribution is 2.19. The van der Waals surface area contributed by atoms with E-state index in [2.05, 4.69) is 15.7 Å². The molecule has 0 saturated heterocycles. The first-order valence-electron chi connectivity index (χ1n) is 11.6. The predicted molar refractivity (Wildman–Crippen MR) is 133 cm³/mol. The first-order valence-corrected chi connectivity index (χ1v) is 11.6. The molecule has 0 bridgehead atoms. The summed E-state index contributed by atoms with van der Waals surface area (Å²) >= 11 is 0. The molecule has 3 aromatic carbocycles. The van der Waals surface area contributed by atoms with Gasteiger partial charge < -0.3 is 9.47 Å². The van der Waals surface area contributed by atoms with Crippen molar-refractivity contribution in [2.75, 3.05) is 27.4 Å². The van der Waals surface area contributed by atoms with Crippen LogP contribution in [0, 0.1) is 0 Å². The molecule has 0 saturated carbocycles. The molecule has 8 nitrogen and oxygen atoms in total. The normalized spacial score (nSPS) is 10.8. The van der Waals surface area contributed by atoms with Gasteiger partial charge in [0.2, 0.25) is 0 Å². The van der Waals surface area contributed by atoms with Crippen LogP contribution in [0.5, 0.6) is 5.75 Å². The molecule has 0 heterocycles. The highest BCUT2D eigenvalue weighted by Gasteiger charge is 2.10. The van der Waals surface area contributed by atoms with Crippen LogP contribution in [0.4, 0.5) is 0 Å². The van der Waals surface area contributed by atoms with Crippen LogP contribution in [0.1, 0.15) is 52.0 Å². The molecule has 0 aliphatic rings. The van der Waals surface area contributed by atoms with E-state index in [0.717, 1.165) is 48.6 Å². The zero-order valence-electron chi connectivity index (χ0n) is 20.2. The summed E-state index contributed by atoms with van der Waals surface area (Å²) in [5.41, 5.74) is 6.73. The summed E-state index contributed by atoms with van der Waals surface area (Å²) < 4.78 is 10.8. The van der Waals surface area contributed by atoms with Gasteiger partial charge in [-0.25, -0.2) is 9.78 Å². The maximum Gasteiger partial charge on any atom is 0.269 e. The van der Waals surface area contributed by atoms with E-state index in [1.807, 2.05) is 24.3 Å². The van der Waals surface area contributed by atoms with Crippen molar-refractivity contribution in [1.29, 1.82) is 0 Å². The first-order chi connectivity index (χ1) is 17.1. The Kier molecular flexibility index (Phi) is 10.5. The first kappa shape index (κ1) is 26.2. The number of unbranched alkanes of at least 4 members (excludes halogenated alkanes) is 3. The summed E-state index contributed by atoms with van der Waals surface area (Å²) in [4.78, 5) is 34.5. The second kappa shape index (κ2) is 14.1. The van der Waals surface area contributed by atoms with Gasteiger partial charge in [-0.15, -0.1) is 0 Å². The maximum atomic E-state index is 12.5. The molecule has 0 aliphatic heterocycles. The second-order valence-corrected chi connectivity index (χ2v) is 8.01. The maximum absolute atomic E-state index is 12.5. The highest BCUT2D eigenvalue weighted by molar-refractivity contribution is 6.01. The van der Waals surface area contributed by atoms with E-state index in [9.17, 15) is 9.59 Å². The molecule has 186 valence electrons. The summed E-state index contributed by atoms with van der Waals surface area (Å²) in [7, 11) is 3.17. The Labute approximate surface area is 205 Å². The summed E-state index contributed by atoms with van der Waals surface area (Å²) in [6, 6.07) is 17.9. The van der Waals surface area contributed by atoms with Crippen molar-refractivity contribution < 1.29 is 28.8 Å². The number of amides is 2. The van der Waals surface area contributed by atoms with E-state index in [0.29, 0.717) is 30.1 Å². The molecule has 0 aromatic heterocycles. The molecule has 2 amide bonds. The molecule has 0 unspecified atom stereocenters. The minimum atomic E-state index is -0.411. The minimum Gasteiger partial charge on any atom is -0.494 e. The number of ether oxygens (including phenoxy) is 2. The molecule has 2 N–H and O–H groups in total. The molecule has 8 heteroatoms. The van der Waals surface area contributed by atoms with Crippen molar-refractivity contribution in [3.05, 3.63) is 77.4 Å². The monoisotopic (exact) mass is 480 g/mol. The van der Waals surface area contributed by atoms with Gasteiger partial charge in [-0.05, 0) is 78.1 Å². The van der Waals surface area contributed by atoms with Crippen molar-refractivity contribution in [2.24, 2.45) is 0 Å². The van der Waals surface area contributed by atoms with Crippen LogP contribution >= 0.6 is 0 Å². The summed E-state index contributed by atoms with van der Waals surface area (Å²) in [6.45, 7) is 1.76. The van der Waals surface area contributed by atoms with Gasteiger partial charge in [0.15, 0.2) is 0 Å². The fraction of sp³-hybridized carbons (Fsp3) is 0.333. The van der Waals surface area contributed by atoms with Gasteiger partial charge in [-0.2, -0.15) is 0 Å². The van der Waals surface area contributed by atoms with Gasteiger partial charge in [0, 0.05) is 24.8 Å². The standard InChI is InChI=1S/C27H32N2O6/c1-32-15-5-3-4-6-16-34-25-13-11-21(12-14-25)26(30)28-29-27(31)24-10-9-22-17-20(19-35-33-2)7-8-23(22)18-24/h7-14,17-18H,3-6,15-16,19H2,1-2H3,(H,28,30)(H,29,31). The lowest BCUT2D eigenvalue weighted by molar-refractivity contribution is -0.282. The minimum absolute atomic E-state index is 0.336. The quantitative estimate of drug-likeness (QED) is 0.211. The van der Waals surface area contributed by atoms with Crippen LogP contribution in [0.2, 0.25) is 0 Å². The molecular formula is C27H32N2O6. The number of hydrazine groups is 1. The summed E-state index contributed by atoms with van der Waals surface area (Å²) in [5, 5.41) is 1.87. The largest absolute Gasteiger partial charge is 0.494 e. The highest BCUT2D eigenvalue weighted by atomic mass is 17.2. The van der Waals surface area contributed by atoms with Crippen LogP contribution in [-0.2, 0) is 21.1 Å². The predicted octanol–water partition coefficient (Wildman–Crippen LogP) is 4.58. The van der Waals surface area contributed by atoms with E-state index in [-0.39, 0.29) is 0 Å². The van der Waals surface area contributed by atoms with Gasteiger partial charge >= 0.3 is 0 Å². The molecule has 0 atom stereocenters. The van der Waals surface area contributed by atoms with Gasteiger partial charge in [0.1, 0.15) is 12.4 Å². The fourth-order valence-corrected chi connectivity index (χ4v) is 3.51. The van der Waals surface area contributed by atoms with Crippen LogP contribution in [-0.4, -0.2) is 39.2 Å². The van der Waals surface area contributed by atoms with Crippen molar-refractivity contribution in [2.45, 2.75) is 32.3 Å². The Balaban J connectivity index is 1.45. The molecule has 0 aliphatic carbocycles.